The topological polar surface area (TPSA) is 50.3 Å². The fourth-order valence-electron chi connectivity index (χ4n) is 4.63. The number of hydrogen-bond donors (Lipinski definition) is 1. The minimum atomic E-state index is -4.61. The molecule has 2 unspecified atom stereocenters. The van der Waals surface area contributed by atoms with Gasteiger partial charge in [0.15, 0.2) is 0 Å². The molecule has 0 radical (unpaired) electrons. The van der Waals surface area contributed by atoms with Gasteiger partial charge in [-0.05, 0) is 19.1 Å². The summed E-state index contributed by atoms with van der Waals surface area (Å²) in [6.07, 6.45) is -5.64. The van der Waals surface area contributed by atoms with Crippen molar-refractivity contribution in [1.82, 2.24) is 10.2 Å². The number of alkyl halides is 5. The largest absolute Gasteiger partial charge is 0.418 e. The van der Waals surface area contributed by atoms with Crippen molar-refractivity contribution in [2.24, 2.45) is 0 Å². The Morgan fingerprint density at radius 3 is 2.44 bits per heavy atom. The van der Waals surface area contributed by atoms with Crippen molar-refractivity contribution in [2.45, 2.75) is 44.2 Å². The molecule has 0 spiro atoms. The number of halogens is 6. The first-order valence-corrected chi connectivity index (χ1v) is 10.7. The summed E-state index contributed by atoms with van der Waals surface area (Å²) in [5.74, 6) is -1.03. The number of aromatic nitrogens is 2. The van der Waals surface area contributed by atoms with E-state index in [0.717, 1.165) is 18.6 Å². The molecule has 3 aliphatic heterocycles. The van der Waals surface area contributed by atoms with Crippen LogP contribution in [0.15, 0.2) is 36.5 Å². The Kier molecular flexibility index (Phi) is 5.54. The summed E-state index contributed by atoms with van der Waals surface area (Å²) in [5.41, 5.74) is -1.21. The minimum Gasteiger partial charge on any atom is -0.377 e. The van der Waals surface area contributed by atoms with Crippen LogP contribution in [0.1, 0.15) is 42.5 Å². The van der Waals surface area contributed by atoms with Crippen LogP contribution in [0, 0.1) is 5.82 Å². The van der Waals surface area contributed by atoms with Gasteiger partial charge in [-0.2, -0.15) is 23.4 Å². The second-order valence-electron chi connectivity index (χ2n) is 8.58. The van der Waals surface area contributed by atoms with Crippen molar-refractivity contribution in [2.75, 3.05) is 23.3 Å². The molecule has 0 aliphatic carbocycles. The van der Waals surface area contributed by atoms with E-state index in [1.807, 2.05) is 0 Å². The van der Waals surface area contributed by atoms with Gasteiger partial charge >= 0.3 is 6.18 Å². The van der Waals surface area contributed by atoms with Crippen molar-refractivity contribution < 1.29 is 31.1 Å². The van der Waals surface area contributed by atoms with E-state index in [9.17, 15) is 26.3 Å². The number of benzene rings is 2. The van der Waals surface area contributed by atoms with Crippen LogP contribution in [0.3, 0.4) is 0 Å². The third-order valence-electron chi connectivity index (χ3n) is 6.29. The van der Waals surface area contributed by atoms with Gasteiger partial charge in [0.2, 0.25) is 0 Å². The molecule has 11 heteroatoms. The molecule has 3 aliphatic rings. The van der Waals surface area contributed by atoms with Crippen LogP contribution in [0.5, 0.6) is 0 Å². The first kappa shape index (κ1) is 22.7. The number of fused-ring (bicyclic) bond motifs is 3. The lowest BCUT2D eigenvalue weighted by molar-refractivity contribution is -0.141. The van der Waals surface area contributed by atoms with E-state index in [-0.39, 0.29) is 29.0 Å². The molecule has 3 saturated heterocycles. The van der Waals surface area contributed by atoms with Gasteiger partial charge in [-0.25, -0.2) is 13.2 Å². The van der Waals surface area contributed by atoms with Gasteiger partial charge in [0, 0.05) is 36.1 Å². The third kappa shape index (κ3) is 4.02. The molecule has 34 heavy (non-hydrogen) atoms. The van der Waals surface area contributed by atoms with Gasteiger partial charge in [0.1, 0.15) is 5.82 Å². The Balaban J connectivity index is 1.55. The molecule has 3 fully saturated rings. The summed E-state index contributed by atoms with van der Waals surface area (Å²) >= 11 is 0. The number of rotatable bonds is 5. The second-order valence-corrected chi connectivity index (χ2v) is 8.58. The molecule has 3 atom stereocenters. The zero-order valence-corrected chi connectivity index (χ0v) is 17.9. The van der Waals surface area contributed by atoms with E-state index in [1.165, 1.54) is 24.4 Å². The van der Waals surface area contributed by atoms with Crippen molar-refractivity contribution >= 4 is 22.3 Å². The minimum absolute atomic E-state index is 0.00293. The van der Waals surface area contributed by atoms with Crippen LogP contribution >= 0.6 is 0 Å². The SMILES string of the molecule is C[C@@H](Nc1cnnc2cc(C(F)(F)F)c(N3CC4CC(C3)O4)cc12)c1cccc(C(F)F)c1F. The molecule has 0 amide bonds. The molecule has 2 bridgehead atoms. The van der Waals surface area contributed by atoms with E-state index < -0.39 is 35.6 Å². The van der Waals surface area contributed by atoms with Crippen LogP contribution in [-0.4, -0.2) is 35.5 Å². The molecular formula is C23H20F6N4O. The number of nitrogens with one attached hydrogen (secondary N) is 1. The van der Waals surface area contributed by atoms with Crippen molar-refractivity contribution in [3.63, 3.8) is 0 Å². The highest BCUT2D eigenvalue weighted by molar-refractivity contribution is 5.94. The Bertz CT molecular complexity index is 1220. The normalized spacial score (nSPS) is 21.0. The summed E-state index contributed by atoms with van der Waals surface area (Å²) in [7, 11) is 0. The summed E-state index contributed by atoms with van der Waals surface area (Å²) in [4.78, 5) is 1.66. The third-order valence-corrected chi connectivity index (χ3v) is 6.29. The van der Waals surface area contributed by atoms with E-state index in [2.05, 4.69) is 15.5 Å². The van der Waals surface area contributed by atoms with Gasteiger partial charge in [0.25, 0.3) is 6.43 Å². The van der Waals surface area contributed by atoms with E-state index in [4.69, 9.17) is 4.74 Å². The van der Waals surface area contributed by atoms with Gasteiger partial charge in [-0.3, -0.25) is 0 Å². The van der Waals surface area contributed by atoms with Gasteiger partial charge in [0.05, 0.1) is 46.8 Å². The van der Waals surface area contributed by atoms with Crippen LogP contribution in [-0.2, 0) is 10.9 Å². The van der Waals surface area contributed by atoms with E-state index >= 15 is 0 Å². The highest BCUT2D eigenvalue weighted by atomic mass is 19.4. The highest BCUT2D eigenvalue weighted by Crippen LogP contribution is 2.43. The second kappa shape index (κ2) is 8.30. The predicted octanol–water partition coefficient (Wildman–Crippen LogP) is 5.88. The molecule has 6 rings (SSSR count). The molecule has 2 aromatic carbocycles. The maximum Gasteiger partial charge on any atom is 0.418 e. The standard InChI is InChI=1S/C23H20F6N4O/c1-11(14-3-2-4-15(21(14)24)22(25)26)31-19-8-30-32-18-7-17(23(27,28)29)20(6-16(18)19)33-9-12-5-13(10-33)34-12/h2-4,6-8,11-13,22H,5,9-10H2,1H3,(H,31,32)/t11-,12?,13?/m1/s1. The first-order chi connectivity index (χ1) is 16.1. The predicted molar refractivity (Wildman–Crippen MR) is 113 cm³/mol. The lowest BCUT2D eigenvalue weighted by Crippen LogP contribution is -2.57. The summed E-state index contributed by atoms with van der Waals surface area (Å²) in [6.45, 7) is 2.25. The van der Waals surface area contributed by atoms with Crippen molar-refractivity contribution in [3.05, 3.63) is 59.0 Å². The van der Waals surface area contributed by atoms with Gasteiger partial charge < -0.3 is 15.0 Å². The Morgan fingerprint density at radius 1 is 1.12 bits per heavy atom. The van der Waals surface area contributed by atoms with Crippen molar-refractivity contribution in [1.29, 1.82) is 0 Å². The number of hydrogen-bond acceptors (Lipinski definition) is 5. The molecule has 1 N–H and O–H groups in total. The number of nitrogens with zero attached hydrogens (tertiary/aromatic N) is 3. The summed E-state index contributed by atoms with van der Waals surface area (Å²) in [6, 6.07) is 5.30. The van der Waals surface area contributed by atoms with Crippen LogP contribution in [0.4, 0.5) is 37.7 Å². The van der Waals surface area contributed by atoms with Crippen LogP contribution in [0.25, 0.3) is 10.9 Å². The first-order valence-electron chi connectivity index (χ1n) is 10.7. The van der Waals surface area contributed by atoms with Gasteiger partial charge in [-0.15, -0.1) is 0 Å². The number of morpholine rings is 1. The Morgan fingerprint density at radius 2 is 1.79 bits per heavy atom. The average Bonchev–Trinajstić information content (AvgIpc) is 2.77. The quantitative estimate of drug-likeness (QED) is 0.461. The maximum absolute atomic E-state index is 14.6. The fourth-order valence-corrected chi connectivity index (χ4v) is 4.63. The zero-order valence-electron chi connectivity index (χ0n) is 17.9. The molecule has 4 heterocycles. The smallest absolute Gasteiger partial charge is 0.377 e. The molecule has 5 nitrogen and oxygen atoms in total. The fraction of sp³-hybridized carbons (Fsp3) is 0.391. The van der Waals surface area contributed by atoms with E-state index in [1.54, 1.807) is 11.8 Å². The lowest BCUT2D eigenvalue weighted by atomic mass is 9.96. The van der Waals surface area contributed by atoms with Crippen molar-refractivity contribution in [3.8, 4) is 0 Å². The zero-order chi connectivity index (χ0) is 24.2. The Labute approximate surface area is 190 Å². The van der Waals surface area contributed by atoms with E-state index in [0.29, 0.717) is 24.2 Å². The summed E-state index contributed by atoms with van der Waals surface area (Å²) in [5, 5.41) is 11.0. The molecule has 180 valence electrons. The molecule has 1 aromatic heterocycles. The monoisotopic (exact) mass is 482 g/mol. The maximum atomic E-state index is 14.6. The van der Waals surface area contributed by atoms with Crippen LogP contribution in [0.2, 0.25) is 0 Å². The Hall–Kier alpha value is -3.08. The number of ether oxygens (including phenoxy) is 1. The molecular weight excluding hydrogens is 462 g/mol. The average molecular weight is 482 g/mol. The number of anilines is 2. The lowest BCUT2D eigenvalue weighted by Gasteiger charge is -2.48. The van der Waals surface area contributed by atoms with Gasteiger partial charge in [-0.1, -0.05) is 18.2 Å². The number of piperidine rings is 1. The molecule has 0 saturated carbocycles. The molecule has 3 aromatic rings. The van der Waals surface area contributed by atoms with Crippen LogP contribution < -0.4 is 10.2 Å². The summed E-state index contributed by atoms with van der Waals surface area (Å²) < 4.78 is 88.1. The highest BCUT2D eigenvalue weighted by Gasteiger charge is 2.42.